The van der Waals surface area contributed by atoms with Crippen LogP contribution in [0, 0.1) is 11.8 Å². The number of aromatic nitrogens is 3. The Morgan fingerprint density at radius 1 is 1.14 bits per heavy atom. The van der Waals surface area contributed by atoms with Crippen molar-refractivity contribution in [2.75, 3.05) is 0 Å². The lowest BCUT2D eigenvalue weighted by Gasteiger charge is -2.12. The van der Waals surface area contributed by atoms with E-state index in [0.29, 0.717) is 10.8 Å². The normalized spacial score (nSPS) is 12.2. The maximum atomic E-state index is 13.4. The standard InChI is InChI=1S/C19H13ClF3N3O2/c20-14-3-7-16(8-4-14)28-17-6-2-13(18(9-17)19(21,22)23)1-5-15(27)10-26-12-24-11-25-26/h2-4,6-9,11-12,15,27H,10H2. The highest BCUT2D eigenvalue weighted by Gasteiger charge is 2.33. The lowest BCUT2D eigenvalue weighted by Crippen LogP contribution is -2.14. The summed E-state index contributed by atoms with van der Waals surface area (Å²) in [5.41, 5.74) is -1.23. The summed E-state index contributed by atoms with van der Waals surface area (Å²) in [7, 11) is 0. The van der Waals surface area contributed by atoms with E-state index in [0.717, 1.165) is 6.07 Å². The monoisotopic (exact) mass is 407 g/mol. The van der Waals surface area contributed by atoms with Crippen LogP contribution in [-0.2, 0) is 12.7 Å². The van der Waals surface area contributed by atoms with Crippen molar-refractivity contribution in [2.45, 2.75) is 18.8 Å². The minimum Gasteiger partial charge on any atom is -0.457 e. The molecule has 0 bridgehead atoms. The van der Waals surface area contributed by atoms with Gasteiger partial charge in [0.05, 0.1) is 12.1 Å². The molecular formula is C19H13ClF3N3O2. The molecule has 5 nitrogen and oxygen atoms in total. The Kier molecular flexibility index (Phi) is 5.87. The van der Waals surface area contributed by atoms with Crippen molar-refractivity contribution < 1.29 is 23.0 Å². The summed E-state index contributed by atoms with van der Waals surface area (Å²) in [6.45, 7) is -0.00782. The molecule has 0 radical (unpaired) electrons. The lowest BCUT2D eigenvalue weighted by atomic mass is 10.1. The fraction of sp³-hybridized carbons (Fsp3) is 0.158. The molecule has 144 valence electrons. The Labute approximate surface area is 163 Å². The summed E-state index contributed by atoms with van der Waals surface area (Å²) in [5, 5.41) is 14.2. The van der Waals surface area contributed by atoms with Gasteiger partial charge in [-0.05, 0) is 42.5 Å². The molecule has 2 aromatic carbocycles. The number of hydrogen-bond donors (Lipinski definition) is 1. The number of hydrogen-bond acceptors (Lipinski definition) is 4. The first-order valence-corrected chi connectivity index (χ1v) is 8.36. The third kappa shape index (κ3) is 5.25. The van der Waals surface area contributed by atoms with E-state index in [2.05, 4.69) is 21.9 Å². The Balaban J connectivity index is 1.83. The zero-order valence-electron chi connectivity index (χ0n) is 14.2. The van der Waals surface area contributed by atoms with Gasteiger partial charge in [-0.2, -0.15) is 18.3 Å². The van der Waals surface area contributed by atoms with Crippen molar-refractivity contribution in [3.63, 3.8) is 0 Å². The second kappa shape index (κ2) is 8.33. The van der Waals surface area contributed by atoms with Crippen molar-refractivity contribution in [2.24, 2.45) is 0 Å². The molecule has 0 spiro atoms. The van der Waals surface area contributed by atoms with Crippen LogP contribution < -0.4 is 4.74 Å². The third-order valence-corrected chi connectivity index (χ3v) is 3.80. The lowest BCUT2D eigenvalue weighted by molar-refractivity contribution is -0.137. The van der Waals surface area contributed by atoms with Crippen LogP contribution in [0.25, 0.3) is 0 Å². The second-order valence-electron chi connectivity index (χ2n) is 5.66. The number of benzene rings is 2. The van der Waals surface area contributed by atoms with Gasteiger partial charge >= 0.3 is 6.18 Å². The van der Waals surface area contributed by atoms with E-state index >= 15 is 0 Å². The highest BCUT2D eigenvalue weighted by molar-refractivity contribution is 6.30. The van der Waals surface area contributed by atoms with Gasteiger partial charge in [0, 0.05) is 10.6 Å². The average Bonchev–Trinajstić information content (AvgIpc) is 3.14. The third-order valence-electron chi connectivity index (χ3n) is 3.55. The van der Waals surface area contributed by atoms with E-state index in [1.807, 2.05) is 0 Å². The molecule has 1 heterocycles. The predicted octanol–water partition coefficient (Wildman–Crippen LogP) is 4.16. The van der Waals surface area contributed by atoms with Crippen LogP contribution in [0.3, 0.4) is 0 Å². The van der Waals surface area contributed by atoms with E-state index in [1.54, 1.807) is 24.3 Å². The molecule has 1 N–H and O–H groups in total. The number of aliphatic hydroxyl groups is 1. The summed E-state index contributed by atoms with van der Waals surface area (Å²) < 4.78 is 47.0. The van der Waals surface area contributed by atoms with Gasteiger partial charge in [-0.25, -0.2) is 9.67 Å². The van der Waals surface area contributed by atoms with Gasteiger partial charge < -0.3 is 9.84 Å². The number of aliphatic hydroxyl groups excluding tert-OH is 1. The molecule has 0 aliphatic rings. The highest BCUT2D eigenvalue weighted by atomic mass is 35.5. The summed E-state index contributed by atoms with van der Waals surface area (Å²) in [5.74, 6) is 5.11. The molecule has 0 aliphatic carbocycles. The molecule has 0 saturated heterocycles. The number of alkyl halides is 3. The molecule has 1 aromatic heterocycles. The molecule has 3 rings (SSSR count). The topological polar surface area (TPSA) is 60.2 Å². The summed E-state index contributed by atoms with van der Waals surface area (Å²) >= 11 is 5.78. The molecule has 0 saturated carbocycles. The number of rotatable bonds is 4. The highest BCUT2D eigenvalue weighted by Crippen LogP contribution is 2.35. The van der Waals surface area contributed by atoms with Crippen molar-refractivity contribution in [1.29, 1.82) is 0 Å². The van der Waals surface area contributed by atoms with Crippen LogP contribution in [0.2, 0.25) is 5.02 Å². The maximum Gasteiger partial charge on any atom is 0.417 e. The minimum absolute atomic E-state index is 0.00311. The van der Waals surface area contributed by atoms with E-state index < -0.39 is 17.8 Å². The van der Waals surface area contributed by atoms with Crippen LogP contribution in [0.15, 0.2) is 55.1 Å². The van der Waals surface area contributed by atoms with Gasteiger partial charge in [0.25, 0.3) is 0 Å². The van der Waals surface area contributed by atoms with Crippen molar-refractivity contribution in [1.82, 2.24) is 14.8 Å². The largest absolute Gasteiger partial charge is 0.457 e. The molecule has 28 heavy (non-hydrogen) atoms. The summed E-state index contributed by atoms with van der Waals surface area (Å²) in [6.07, 6.45) is -3.19. The molecule has 1 unspecified atom stereocenters. The number of nitrogens with zero attached hydrogens (tertiary/aromatic N) is 3. The minimum atomic E-state index is -4.64. The van der Waals surface area contributed by atoms with Gasteiger partial charge in [-0.3, -0.25) is 0 Å². The van der Waals surface area contributed by atoms with Crippen molar-refractivity contribution in [3.05, 3.63) is 71.3 Å². The quantitative estimate of drug-likeness (QED) is 0.660. The molecule has 0 aliphatic heterocycles. The van der Waals surface area contributed by atoms with Crippen LogP contribution in [0.5, 0.6) is 11.5 Å². The van der Waals surface area contributed by atoms with Gasteiger partial charge in [-0.15, -0.1) is 0 Å². The van der Waals surface area contributed by atoms with Crippen molar-refractivity contribution >= 4 is 11.6 Å². The first-order valence-electron chi connectivity index (χ1n) is 7.98. The number of ether oxygens (including phenoxy) is 1. The molecule has 1 atom stereocenters. The SMILES string of the molecule is OC(C#Cc1ccc(Oc2ccc(Cl)cc2)cc1C(F)(F)F)Cn1cncn1. The zero-order valence-corrected chi connectivity index (χ0v) is 14.9. The predicted molar refractivity (Wildman–Crippen MR) is 95.9 cm³/mol. The zero-order chi connectivity index (χ0) is 20.1. The van der Waals surface area contributed by atoms with E-state index in [9.17, 15) is 18.3 Å². The molecule has 0 fully saturated rings. The van der Waals surface area contributed by atoms with E-state index in [4.69, 9.17) is 16.3 Å². The van der Waals surface area contributed by atoms with Crippen LogP contribution in [-0.4, -0.2) is 26.0 Å². The fourth-order valence-corrected chi connectivity index (χ4v) is 2.41. The van der Waals surface area contributed by atoms with Crippen LogP contribution >= 0.6 is 11.6 Å². The van der Waals surface area contributed by atoms with Gasteiger partial charge in [0.15, 0.2) is 0 Å². The van der Waals surface area contributed by atoms with Gasteiger partial charge in [0.2, 0.25) is 0 Å². The second-order valence-corrected chi connectivity index (χ2v) is 6.10. The smallest absolute Gasteiger partial charge is 0.417 e. The first kappa shape index (κ1) is 19.7. The number of halogens is 4. The van der Waals surface area contributed by atoms with E-state index in [-0.39, 0.29) is 17.9 Å². The molecule has 3 aromatic rings. The summed E-state index contributed by atoms with van der Waals surface area (Å²) in [4.78, 5) is 3.71. The maximum absolute atomic E-state index is 13.4. The van der Waals surface area contributed by atoms with Crippen LogP contribution in [0.4, 0.5) is 13.2 Å². The average molecular weight is 408 g/mol. The Morgan fingerprint density at radius 3 is 2.50 bits per heavy atom. The van der Waals surface area contributed by atoms with Gasteiger partial charge in [-0.1, -0.05) is 23.4 Å². The van der Waals surface area contributed by atoms with Crippen LogP contribution in [0.1, 0.15) is 11.1 Å². The summed E-state index contributed by atoms with van der Waals surface area (Å²) in [6, 6.07) is 9.66. The molecule has 0 amide bonds. The fourth-order valence-electron chi connectivity index (χ4n) is 2.28. The molecular weight excluding hydrogens is 395 g/mol. The van der Waals surface area contributed by atoms with Gasteiger partial charge in [0.1, 0.15) is 30.3 Å². The van der Waals surface area contributed by atoms with E-state index in [1.165, 1.54) is 29.5 Å². The van der Waals surface area contributed by atoms with Crippen molar-refractivity contribution in [3.8, 4) is 23.3 Å². The Bertz CT molecular complexity index is 994. The Morgan fingerprint density at radius 2 is 1.86 bits per heavy atom. The Hall–Kier alpha value is -3.02. The first-order chi connectivity index (χ1) is 13.3. The molecule has 9 heteroatoms.